The number of nitrogens with zero attached hydrogens (tertiary/aromatic N) is 1. The third kappa shape index (κ3) is 2.54. The largest absolute Gasteiger partial charge is 0.495 e. The molecule has 0 spiro atoms. The van der Waals surface area contributed by atoms with Crippen molar-refractivity contribution in [1.29, 1.82) is 0 Å². The number of ether oxygens (including phenoxy) is 1. The van der Waals surface area contributed by atoms with E-state index in [1.54, 1.807) is 11.0 Å². The van der Waals surface area contributed by atoms with E-state index in [9.17, 15) is 19.8 Å². The Balaban J connectivity index is 2.46. The number of aliphatic hydroxyl groups excluding tert-OH is 1. The number of carbonyl (C=O) groups is 2. The number of carboxylic acids is 1. The van der Waals surface area contributed by atoms with Gasteiger partial charge in [-0.3, -0.25) is 4.79 Å². The molecule has 2 rings (SSSR count). The molecule has 1 aromatic carbocycles. The van der Waals surface area contributed by atoms with Gasteiger partial charge in [0.25, 0.3) is 5.91 Å². The molecule has 22 heavy (non-hydrogen) atoms. The van der Waals surface area contributed by atoms with Crippen molar-refractivity contribution in [1.82, 2.24) is 4.90 Å². The van der Waals surface area contributed by atoms with Crippen molar-refractivity contribution in [3.05, 3.63) is 29.3 Å². The molecule has 0 aromatic heterocycles. The average Bonchev–Trinajstić information content (AvgIpc) is 2.97. The van der Waals surface area contributed by atoms with Crippen molar-refractivity contribution < 1.29 is 24.5 Å². The van der Waals surface area contributed by atoms with Gasteiger partial charge in [-0.1, -0.05) is 13.0 Å². The van der Waals surface area contributed by atoms with Gasteiger partial charge >= 0.3 is 5.97 Å². The summed E-state index contributed by atoms with van der Waals surface area (Å²) < 4.78 is 5.16. The summed E-state index contributed by atoms with van der Waals surface area (Å²) in [6, 6.07) is 4.49. The normalized spacial score (nSPS) is 21.0. The van der Waals surface area contributed by atoms with Gasteiger partial charge in [-0.05, 0) is 31.4 Å². The molecule has 0 aliphatic carbocycles. The Morgan fingerprint density at radius 3 is 2.59 bits per heavy atom. The molecule has 1 amide bonds. The summed E-state index contributed by atoms with van der Waals surface area (Å²) in [5, 5.41) is 19.0. The van der Waals surface area contributed by atoms with E-state index in [1.165, 1.54) is 19.2 Å². The van der Waals surface area contributed by atoms with Crippen LogP contribution in [0.2, 0.25) is 0 Å². The molecule has 1 fully saturated rings. The number of carboxylic acid groups (broad SMARTS) is 1. The van der Waals surface area contributed by atoms with E-state index >= 15 is 0 Å². The van der Waals surface area contributed by atoms with Crippen LogP contribution in [0.5, 0.6) is 5.75 Å². The van der Waals surface area contributed by atoms with Gasteiger partial charge in [0.2, 0.25) is 0 Å². The molecule has 2 N–H and O–H groups in total. The second-order valence-corrected chi connectivity index (χ2v) is 5.49. The highest BCUT2D eigenvalue weighted by molar-refractivity contribution is 6.02. The van der Waals surface area contributed by atoms with Gasteiger partial charge in [0.05, 0.1) is 24.8 Å². The fourth-order valence-electron chi connectivity index (χ4n) is 3.14. The van der Waals surface area contributed by atoms with Gasteiger partial charge in [-0.15, -0.1) is 0 Å². The Bertz CT molecular complexity index is 580. The summed E-state index contributed by atoms with van der Waals surface area (Å²) in [5.74, 6) is -1.37. The minimum atomic E-state index is -1.14. The van der Waals surface area contributed by atoms with Crippen LogP contribution in [0.4, 0.5) is 0 Å². The number of aromatic carboxylic acids is 1. The predicted molar refractivity (Wildman–Crippen MR) is 80.3 cm³/mol. The van der Waals surface area contributed by atoms with E-state index in [1.807, 2.05) is 6.92 Å². The van der Waals surface area contributed by atoms with Gasteiger partial charge in [-0.25, -0.2) is 4.79 Å². The van der Waals surface area contributed by atoms with E-state index in [0.29, 0.717) is 13.0 Å². The Labute approximate surface area is 129 Å². The van der Waals surface area contributed by atoms with Gasteiger partial charge in [0.15, 0.2) is 0 Å². The van der Waals surface area contributed by atoms with Crippen LogP contribution in [-0.4, -0.2) is 52.8 Å². The van der Waals surface area contributed by atoms with Crippen molar-refractivity contribution in [3.8, 4) is 5.75 Å². The molecule has 1 heterocycles. The van der Waals surface area contributed by atoms with Crippen LogP contribution in [0.3, 0.4) is 0 Å². The minimum Gasteiger partial charge on any atom is -0.495 e. The second-order valence-electron chi connectivity index (χ2n) is 5.49. The summed E-state index contributed by atoms with van der Waals surface area (Å²) in [4.78, 5) is 25.8. The van der Waals surface area contributed by atoms with Crippen molar-refractivity contribution in [2.75, 3.05) is 20.3 Å². The second kappa shape index (κ2) is 6.36. The van der Waals surface area contributed by atoms with Crippen molar-refractivity contribution in [2.24, 2.45) is 0 Å². The number of hydrogen-bond donors (Lipinski definition) is 2. The topological polar surface area (TPSA) is 87.1 Å². The molecule has 6 heteroatoms. The van der Waals surface area contributed by atoms with Gasteiger partial charge in [0, 0.05) is 6.54 Å². The number of benzene rings is 1. The maximum atomic E-state index is 12.9. The van der Waals surface area contributed by atoms with Gasteiger partial charge < -0.3 is 19.8 Å². The van der Waals surface area contributed by atoms with Crippen molar-refractivity contribution >= 4 is 11.9 Å². The predicted octanol–water partition coefficient (Wildman–Crippen LogP) is 1.77. The number of hydrogen-bond acceptors (Lipinski definition) is 4. The first-order valence-corrected chi connectivity index (χ1v) is 7.34. The maximum absolute atomic E-state index is 12.9. The highest BCUT2D eigenvalue weighted by Crippen LogP contribution is 2.35. The van der Waals surface area contributed by atoms with Crippen LogP contribution < -0.4 is 4.74 Å². The number of para-hydroxylation sites is 1. The maximum Gasteiger partial charge on any atom is 0.339 e. The summed E-state index contributed by atoms with van der Waals surface area (Å²) in [7, 11) is 1.35. The van der Waals surface area contributed by atoms with Crippen LogP contribution in [-0.2, 0) is 0 Å². The van der Waals surface area contributed by atoms with E-state index in [0.717, 1.165) is 12.8 Å². The van der Waals surface area contributed by atoms with Crippen molar-refractivity contribution in [3.63, 3.8) is 0 Å². The van der Waals surface area contributed by atoms with Crippen LogP contribution >= 0.6 is 0 Å². The zero-order valence-corrected chi connectivity index (χ0v) is 12.8. The lowest BCUT2D eigenvalue weighted by atomic mass is 9.93. The molecule has 1 saturated heterocycles. The first kappa shape index (κ1) is 16.3. The quantitative estimate of drug-likeness (QED) is 0.865. The van der Waals surface area contributed by atoms with Crippen LogP contribution in [0.25, 0.3) is 0 Å². The Morgan fingerprint density at radius 1 is 1.36 bits per heavy atom. The average molecular weight is 307 g/mol. The molecule has 1 atom stereocenters. The molecule has 120 valence electrons. The molecule has 1 aliphatic rings. The number of rotatable bonds is 5. The summed E-state index contributed by atoms with van der Waals surface area (Å²) >= 11 is 0. The van der Waals surface area contributed by atoms with Gasteiger partial charge in [0.1, 0.15) is 11.3 Å². The van der Waals surface area contributed by atoms with Crippen LogP contribution in [0.1, 0.15) is 46.9 Å². The van der Waals surface area contributed by atoms with E-state index in [4.69, 9.17) is 4.74 Å². The number of aliphatic hydroxyl groups is 1. The highest BCUT2D eigenvalue weighted by atomic mass is 16.5. The lowest BCUT2D eigenvalue weighted by molar-refractivity contribution is 0.0394. The Morgan fingerprint density at radius 2 is 2.05 bits per heavy atom. The van der Waals surface area contributed by atoms with Gasteiger partial charge in [-0.2, -0.15) is 0 Å². The molecule has 1 aliphatic heterocycles. The SMILES string of the molecule is CCC1(CO)CCCN1C(=O)c1cccc(C(=O)O)c1OC. The molecule has 0 bridgehead atoms. The minimum absolute atomic E-state index is 0.0429. The smallest absolute Gasteiger partial charge is 0.339 e. The molecular weight excluding hydrogens is 286 g/mol. The first-order valence-electron chi connectivity index (χ1n) is 7.34. The number of likely N-dealkylation sites (tertiary alicyclic amines) is 1. The fraction of sp³-hybridized carbons (Fsp3) is 0.500. The lowest BCUT2D eigenvalue weighted by Crippen LogP contribution is -2.49. The molecule has 0 radical (unpaired) electrons. The van der Waals surface area contributed by atoms with Crippen molar-refractivity contribution in [2.45, 2.75) is 31.7 Å². The molecule has 1 unspecified atom stereocenters. The first-order chi connectivity index (χ1) is 10.5. The third-order valence-electron chi connectivity index (χ3n) is 4.47. The lowest BCUT2D eigenvalue weighted by Gasteiger charge is -2.36. The molecule has 0 saturated carbocycles. The number of amides is 1. The highest BCUT2D eigenvalue weighted by Gasteiger charge is 2.42. The molecule has 1 aromatic rings. The Hall–Kier alpha value is -2.08. The zero-order valence-electron chi connectivity index (χ0n) is 12.8. The molecular formula is C16H21NO5. The summed E-state index contributed by atoms with van der Waals surface area (Å²) in [5.41, 5.74) is -0.393. The van der Waals surface area contributed by atoms with E-state index < -0.39 is 11.5 Å². The Kier molecular flexibility index (Phi) is 4.71. The monoisotopic (exact) mass is 307 g/mol. The molecule has 6 nitrogen and oxygen atoms in total. The summed E-state index contributed by atoms with van der Waals surface area (Å²) in [6.45, 7) is 2.39. The van der Waals surface area contributed by atoms with E-state index in [-0.39, 0.29) is 29.4 Å². The standard InChI is InChI=1S/C16H21NO5/c1-3-16(10-18)8-5-9-17(16)14(19)11-6-4-7-12(15(20)21)13(11)22-2/h4,6-7,18H,3,5,8-10H2,1-2H3,(H,20,21). The number of methoxy groups -OCH3 is 1. The number of carbonyl (C=O) groups excluding carboxylic acids is 1. The zero-order chi connectivity index (χ0) is 16.3. The van der Waals surface area contributed by atoms with Crippen LogP contribution in [0, 0.1) is 0 Å². The summed E-state index contributed by atoms with van der Waals surface area (Å²) in [6.07, 6.45) is 2.21. The van der Waals surface area contributed by atoms with Crippen LogP contribution in [0.15, 0.2) is 18.2 Å². The fourth-order valence-corrected chi connectivity index (χ4v) is 3.14. The van der Waals surface area contributed by atoms with E-state index in [2.05, 4.69) is 0 Å². The third-order valence-corrected chi connectivity index (χ3v) is 4.47.